The molecule has 0 bridgehead atoms. The molecule has 0 fully saturated rings. The molecule has 0 saturated carbocycles. The smallest absolute Gasteiger partial charge is 0.214 e. The van der Waals surface area contributed by atoms with Gasteiger partial charge in [0.05, 0.1) is 5.69 Å². The second-order valence-corrected chi connectivity index (χ2v) is 4.47. The van der Waals surface area contributed by atoms with E-state index in [4.69, 9.17) is 0 Å². The van der Waals surface area contributed by atoms with Gasteiger partial charge in [-0.05, 0) is 29.1 Å². The molecule has 5 nitrogen and oxygen atoms in total. The van der Waals surface area contributed by atoms with Gasteiger partial charge in [0.1, 0.15) is 0 Å². The molecule has 0 aliphatic heterocycles. The van der Waals surface area contributed by atoms with Gasteiger partial charge in [-0.1, -0.05) is 36.9 Å². The predicted octanol–water partition coefficient (Wildman–Crippen LogP) is 1.36. The van der Waals surface area contributed by atoms with E-state index in [1.165, 1.54) is 0 Å². The molecule has 0 amide bonds. The van der Waals surface area contributed by atoms with Crippen LogP contribution >= 0.6 is 11.8 Å². The highest BCUT2D eigenvalue weighted by molar-refractivity contribution is 7.99. The molecule has 0 unspecified atom stereocenters. The van der Waals surface area contributed by atoms with Crippen LogP contribution in [-0.2, 0) is 0 Å². The molecule has 0 radical (unpaired) electrons. The number of aromatic nitrogens is 4. The number of tetrazole rings is 1. The van der Waals surface area contributed by atoms with E-state index in [1.54, 1.807) is 16.4 Å². The first-order chi connectivity index (χ1) is 8.42. The van der Waals surface area contributed by atoms with Gasteiger partial charge in [0.2, 0.25) is 5.16 Å². The van der Waals surface area contributed by atoms with Crippen molar-refractivity contribution in [2.45, 2.75) is 12.1 Å². The molecule has 1 heterocycles. The van der Waals surface area contributed by atoms with E-state index in [2.05, 4.69) is 27.8 Å². The highest BCUT2D eigenvalue weighted by Gasteiger charge is 2.07. The molecule has 17 heavy (non-hydrogen) atoms. The van der Waals surface area contributed by atoms with E-state index in [1.807, 2.05) is 30.3 Å². The molecule has 0 aliphatic rings. The van der Waals surface area contributed by atoms with Crippen molar-refractivity contribution in [2.75, 3.05) is 18.8 Å². The molecular weight excluding hydrogens is 234 g/mol. The van der Waals surface area contributed by atoms with Crippen LogP contribution in [0.3, 0.4) is 0 Å². The number of para-hydroxylation sites is 1. The molecule has 1 N–H and O–H groups in total. The summed E-state index contributed by atoms with van der Waals surface area (Å²) >= 11 is 1.65. The van der Waals surface area contributed by atoms with Gasteiger partial charge in [0.25, 0.3) is 0 Å². The second kappa shape index (κ2) is 6.36. The van der Waals surface area contributed by atoms with Crippen molar-refractivity contribution in [3.05, 3.63) is 30.3 Å². The molecule has 2 rings (SSSR count). The first-order valence-corrected chi connectivity index (χ1v) is 6.57. The largest absolute Gasteiger partial charge is 0.316 e. The van der Waals surface area contributed by atoms with Gasteiger partial charge < -0.3 is 5.32 Å². The third-order valence-electron chi connectivity index (χ3n) is 2.20. The van der Waals surface area contributed by atoms with Gasteiger partial charge in [0.15, 0.2) is 0 Å². The summed E-state index contributed by atoms with van der Waals surface area (Å²) in [4.78, 5) is 0. The topological polar surface area (TPSA) is 55.6 Å². The number of benzene rings is 1. The van der Waals surface area contributed by atoms with E-state index >= 15 is 0 Å². The maximum Gasteiger partial charge on any atom is 0.214 e. The maximum absolute atomic E-state index is 4.03. The normalized spacial score (nSPS) is 10.6. The van der Waals surface area contributed by atoms with Gasteiger partial charge in [0, 0.05) is 12.3 Å². The number of rotatable bonds is 6. The average molecular weight is 249 g/mol. The van der Waals surface area contributed by atoms with E-state index in [0.29, 0.717) is 0 Å². The SMILES string of the molecule is CCNCCSc1nnnn1-c1ccccc1. The van der Waals surface area contributed by atoms with E-state index in [-0.39, 0.29) is 0 Å². The third-order valence-corrected chi connectivity index (χ3v) is 3.12. The van der Waals surface area contributed by atoms with Gasteiger partial charge >= 0.3 is 0 Å². The minimum absolute atomic E-state index is 0.828. The van der Waals surface area contributed by atoms with Gasteiger partial charge in [-0.3, -0.25) is 0 Å². The molecule has 2 aromatic rings. The number of nitrogens with zero attached hydrogens (tertiary/aromatic N) is 4. The van der Waals surface area contributed by atoms with E-state index in [0.717, 1.165) is 29.7 Å². The zero-order chi connectivity index (χ0) is 11.9. The Balaban J connectivity index is 2.02. The summed E-state index contributed by atoms with van der Waals surface area (Å²) in [5, 5.41) is 15.8. The second-order valence-electron chi connectivity index (χ2n) is 3.41. The number of nitrogens with one attached hydrogen (secondary N) is 1. The molecule has 0 spiro atoms. The van der Waals surface area contributed by atoms with Crippen LogP contribution in [0.2, 0.25) is 0 Å². The van der Waals surface area contributed by atoms with Crippen molar-refractivity contribution >= 4 is 11.8 Å². The summed E-state index contributed by atoms with van der Waals surface area (Å²) in [6.45, 7) is 4.05. The Bertz CT molecular complexity index is 442. The summed E-state index contributed by atoms with van der Waals surface area (Å²) in [5.74, 6) is 0.959. The first kappa shape index (κ1) is 12.1. The van der Waals surface area contributed by atoms with Crippen LogP contribution < -0.4 is 5.32 Å². The fraction of sp³-hybridized carbons (Fsp3) is 0.364. The van der Waals surface area contributed by atoms with Crippen molar-refractivity contribution in [3.63, 3.8) is 0 Å². The molecule has 6 heteroatoms. The summed E-state index contributed by atoms with van der Waals surface area (Å²) in [7, 11) is 0. The molecule has 0 aliphatic carbocycles. The molecule has 0 atom stereocenters. The Morgan fingerprint density at radius 2 is 2.12 bits per heavy atom. The lowest BCUT2D eigenvalue weighted by molar-refractivity contribution is 0.750. The lowest BCUT2D eigenvalue weighted by Gasteiger charge is -2.03. The van der Waals surface area contributed by atoms with E-state index in [9.17, 15) is 0 Å². The number of hydrogen-bond donors (Lipinski definition) is 1. The standard InChI is InChI=1S/C11H15N5S/c1-2-12-8-9-17-11-13-14-15-16(11)10-6-4-3-5-7-10/h3-7,12H,2,8-9H2,1H3. The van der Waals surface area contributed by atoms with Crippen LogP contribution in [0.1, 0.15) is 6.92 Å². The first-order valence-electron chi connectivity index (χ1n) is 5.59. The van der Waals surface area contributed by atoms with Crippen molar-refractivity contribution in [2.24, 2.45) is 0 Å². The minimum atomic E-state index is 0.828. The molecule has 1 aromatic heterocycles. The van der Waals surface area contributed by atoms with Gasteiger partial charge in [-0.25, -0.2) is 0 Å². The summed E-state index contributed by atoms with van der Waals surface area (Å²) < 4.78 is 1.76. The maximum atomic E-state index is 4.03. The van der Waals surface area contributed by atoms with Gasteiger partial charge in [-0.15, -0.1) is 5.10 Å². The Labute approximate surface area is 105 Å². The summed E-state index contributed by atoms with van der Waals surface area (Å²) in [6.07, 6.45) is 0. The molecule has 90 valence electrons. The Morgan fingerprint density at radius 3 is 2.88 bits per heavy atom. The molecule has 1 aromatic carbocycles. The highest BCUT2D eigenvalue weighted by atomic mass is 32.2. The zero-order valence-corrected chi connectivity index (χ0v) is 10.5. The summed E-state index contributed by atoms with van der Waals surface area (Å²) in [6, 6.07) is 9.91. The number of thioether (sulfide) groups is 1. The van der Waals surface area contributed by atoms with Crippen LogP contribution in [-0.4, -0.2) is 39.0 Å². The van der Waals surface area contributed by atoms with Crippen molar-refractivity contribution in [3.8, 4) is 5.69 Å². The monoisotopic (exact) mass is 249 g/mol. The average Bonchev–Trinajstić information content (AvgIpc) is 2.84. The van der Waals surface area contributed by atoms with Crippen molar-refractivity contribution in [1.82, 2.24) is 25.5 Å². The molecular formula is C11H15N5S. The van der Waals surface area contributed by atoms with Crippen LogP contribution in [0.4, 0.5) is 0 Å². The highest BCUT2D eigenvalue weighted by Crippen LogP contribution is 2.16. The Morgan fingerprint density at radius 1 is 1.29 bits per heavy atom. The number of hydrogen-bond acceptors (Lipinski definition) is 5. The predicted molar refractivity (Wildman–Crippen MR) is 68.4 cm³/mol. The minimum Gasteiger partial charge on any atom is -0.316 e. The van der Waals surface area contributed by atoms with Crippen LogP contribution in [0, 0.1) is 0 Å². The van der Waals surface area contributed by atoms with Crippen LogP contribution in [0.5, 0.6) is 0 Å². The van der Waals surface area contributed by atoms with E-state index < -0.39 is 0 Å². The Hall–Kier alpha value is -1.40. The molecule has 0 saturated heterocycles. The van der Waals surface area contributed by atoms with Crippen LogP contribution in [0.25, 0.3) is 5.69 Å². The quantitative estimate of drug-likeness (QED) is 0.619. The van der Waals surface area contributed by atoms with Gasteiger partial charge in [-0.2, -0.15) is 4.68 Å². The zero-order valence-electron chi connectivity index (χ0n) is 9.71. The lowest BCUT2D eigenvalue weighted by Crippen LogP contribution is -2.16. The van der Waals surface area contributed by atoms with Crippen molar-refractivity contribution < 1.29 is 0 Å². The lowest BCUT2D eigenvalue weighted by atomic mass is 10.3. The fourth-order valence-corrected chi connectivity index (χ4v) is 2.18. The Kier molecular flexibility index (Phi) is 4.52. The third kappa shape index (κ3) is 3.28. The van der Waals surface area contributed by atoms with Crippen molar-refractivity contribution in [1.29, 1.82) is 0 Å². The fourth-order valence-electron chi connectivity index (χ4n) is 1.39. The summed E-state index contributed by atoms with van der Waals surface area (Å²) in [5.41, 5.74) is 0.989. The van der Waals surface area contributed by atoms with Crippen LogP contribution in [0.15, 0.2) is 35.5 Å².